The maximum atomic E-state index is 5.45. The van der Waals surface area contributed by atoms with Gasteiger partial charge in [0.25, 0.3) is 0 Å². The van der Waals surface area contributed by atoms with Gasteiger partial charge in [-0.2, -0.15) is 5.10 Å². The lowest BCUT2D eigenvalue weighted by Gasteiger charge is -2.10. The Balaban J connectivity index is 1.52. The van der Waals surface area contributed by atoms with Gasteiger partial charge < -0.3 is 14.5 Å². The zero-order valence-corrected chi connectivity index (χ0v) is 14.9. The number of ether oxygens (including phenoxy) is 1. The zero-order valence-electron chi connectivity index (χ0n) is 14.9. The van der Waals surface area contributed by atoms with E-state index in [0.717, 1.165) is 24.5 Å². The van der Waals surface area contributed by atoms with Crippen LogP contribution in [0.2, 0.25) is 0 Å². The minimum absolute atomic E-state index is 0.514. The molecule has 27 heavy (non-hydrogen) atoms. The van der Waals surface area contributed by atoms with Crippen molar-refractivity contribution in [2.45, 2.75) is 6.42 Å². The number of nitrogens with zero attached hydrogens (tertiary/aromatic N) is 4. The summed E-state index contributed by atoms with van der Waals surface area (Å²) < 4.78 is 12.3. The van der Waals surface area contributed by atoms with Gasteiger partial charge in [0.1, 0.15) is 11.6 Å². The molecule has 136 valence electrons. The van der Waals surface area contributed by atoms with Crippen LogP contribution >= 0.6 is 0 Å². The summed E-state index contributed by atoms with van der Waals surface area (Å²) in [6.45, 7) is 0.736. The number of hydrogen-bond acceptors (Lipinski definition) is 6. The molecule has 0 amide bonds. The lowest BCUT2D eigenvalue weighted by Crippen LogP contribution is -2.09. The number of nitrogens with one attached hydrogen (secondary N) is 1. The zero-order chi connectivity index (χ0) is 18.5. The van der Waals surface area contributed by atoms with E-state index in [1.807, 2.05) is 42.6 Å². The highest BCUT2D eigenvalue weighted by molar-refractivity contribution is 5.54. The molecule has 7 nitrogen and oxygen atoms in total. The fraction of sp³-hybridized carbons (Fsp3) is 0.150. The summed E-state index contributed by atoms with van der Waals surface area (Å²) >= 11 is 0. The molecule has 0 unspecified atom stereocenters. The van der Waals surface area contributed by atoms with Crippen molar-refractivity contribution in [1.82, 2.24) is 19.7 Å². The summed E-state index contributed by atoms with van der Waals surface area (Å²) in [6.07, 6.45) is 6.03. The Morgan fingerprint density at radius 2 is 2.00 bits per heavy atom. The second-order valence-electron chi connectivity index (χ2n) is 5.89. The van der Waals surface area contributed by atoms with Crippen LogP contribution in [-0.4, -0.2) is 33.4 Å². The molecule has 3 heterocycles. The fourth-order valence-electron chi connectivity index (χ4n) is 2.69. The van der Waals surface area contributed by atoms with Crippen LogP contribution in [-0.2, 0) is 6.42 Å². The second kappa shape index (κ2) is 7.74. The van der Waals surface area contributed by atoms with E-state index in [9.17, 15) is 0 Å². The van der Waals surface area contributed by atoms with Gasteiger partial charge in [0.2, 0.25) is 0 Å². The molecule has 4 aromatic rings. The van der Waals surface area contributed by atoms with Crippen molar-refractivity contribution in [2.24, 2.45) is 0 Å². The summed E-state index contributed by atoms with van der Waals surface area (Å²) in [6, 6.07) is 15.4. The molecule has 0 fully saturated rings. The van der Waals surface area contributed by atoms with Crippen molar-refractivity contribution in [3.8, 4) is 23.2 Å². The molecule has 0 saturated heterocycles. The summed E-state index contributed by atoms with van der Waals surface area (Å²) in [7, 11) is 1.67. The molecule has 0 aliphatic rings. The van der Waals surface area contributed by atoms with Crippen LogP contribution in [0.4, 0.5) is 5.82 Å². The van der Waals surface area contributed by atoms with E-state index in [-0.39, 0.29) is 0 Å². The second-order valence-corrected chi connectivity index (χ2v) is 5.89. The van der Waals surface area contributed by atoms with E-state index >= 15 is 0 Å². The lowest BCUT2D eigenvalue weighted by molar-refractivity contribution is 0.414. The highest BCUT2D eigenvalue weighted by Crippen LogP contribution is 2.20. The summed E-state index contributed by atoms with van der Waals surface area (Å²) in [5.41, 5.74) is 1.22. The van der Waals surface area contributed by atoms with Crippen molar-refractivity contribution in [1.29, 1.82) is 0 Å². The molecular formula is C20H19N5O2. The van der Waals surface area contributed by atoms with Gasteiger partial charge in [0.15, 0.2) is 17.4 Å². The molecule has 0 spiro atoms. The molecule has 3 aromatic heterocycles. The van der Waals surface area contributed by atoms with Crippen LogP contribution in [0.3, 0.4) is 0 Å². The molecule has 1 N–H and O–H groups in total. The van der Waals surface area contributed by atoms with Crippen molar-refractivity contribution >= 4 is 5.82 Å². The smallest absolute Gasteiger partial charge is 0.199 e. The van der Waals surface area contributed by atoms with Crippen molar-refractivity contribution in [3.05, 3.63) is 72.8 Å². The molecule has 0 radical (unpaired) electrons. The Labute approximate surface area is 156 Å². The van der Waals surface area contributed by atoms with E-state index in [1.165, 1.54) is 5.56 Å². The third-order valence-electron chi connectivity index (χ3n) is 4.07. The first-order chi connectivity index (χ1) is 13.3. The fourth-order valence-corrected chi connectivity index (χ4v) is 2.69. The number of anilines is 1. The number of aromatic nitrogens is 4. The molecule has 4 rings (SSSR count). The number of hydrogen-bond donors (Lipinski definition) is 1. The van der Waals surface area contributed by atoms with Gasteiger partial charge in [-0.05, 0) is 42.3 Å². The van der Waals surface area contributed by atoms with Crippen LogP contribution < -0.4 is 10.1 Å². The molecular weight excluding hydrogens is 342 g/mol. The molecule has 7 heteroatoms. The van der Waals surface area contributed by atoms with E-state index in [1.54, 1.807) is 24.3 Å². The Morgan fingerprint density at radius 3 is 2.70 bits per heavy atom. The Kier molecular flexibility index (Phi) is 4.82. The first kappa shape index (κ1) is 16.8. The lowest BCUT2D eigenvalue weighted by atomic mass is 10.1. The Hall–Kier alpha value is -3.61. The normalized spacial score (nSPS) is 10.7. The molecule has 0 aliphatic heterocycles. The summed E-state index contributed by atoms with van der Waals surface area (Å²) in [5, 5.41) is 7.61. The standard InChI is InChI=1S/C20H19N5O2/c1-26-16-7-5-15(6-8-16)9-11-21-18-14-19(25-12-3-10-22-25)24-20(23-18)17-4-2-13-27-17/h2-8,10,12-14H,9,11H2,1H3,(H,21,23,24). The average Bonchev–Trinajstić information content (AvgIpc) is 3.42. The Morgan fingerprint density at radius 1 is 1.11 bits per heavy atom. The average molecular weight is 361 g/mol. The van der Waals surface area contributed by atoms with E-state index in [4.69, 9.17) is 9.15 Å². The van der Waals surface area contributed by atoms with Gasteiger partial charge in [-0.15, -0.1) is 0 Å². The quantitative estimate of drug-likeness (QED) is 0.542. The van der Waals surface area contributed by atoms with Crippen LogP contribution in [0.5, 0.6) is 5.75 Å². The van der Waals surface area contributed by atoms with Gasteiger partial charge in [0.05, 0.1) is 13.4 Å². The van der Waals surface area contributed by atoms with Crippen LogP contribution in [0.1, 0.15) is 5.56 Å². The van der Waals surface area contributed by atoms with Gasteiger partial charge >= 0.3 is 0 Å². The van der Waals surface area contributed by atoms with Crippen molar-refractivity contribution in [2.75, 3.05) is 19.0 Å². The van der Waals surface area contributed by atoms with Crippen molar-refractivity contribution < 1.29 is 9.15 Å². The molecule has 0 atom stereocenters. The van der Waals surface area contributed by atoms with Gasteiger partial charge in [-0.1, -0.05) is 12.1 Å². The van der Waals surface area contributed by atoms with E-state index in [0.29, 0.717) is 17.4 Å². The van der Waals surface area contributed by atoms with Crippen LogP contribution in [0.15, 0.2) is 71.6 Å². The number of methoxy groups -OCH3 is 1. The van der Waals surface area contributed by atoms with Gasteiger partial charge in [-0.25, -0.2) is 14.6 Å². The highest BCUT2D eigenvalue weighted by atomic mass is 16.5. The van der Waals surface area contributed by atoms with Crippen molar-refractivity contribution in [3.63, 3.8) is 0 Å². The first-order valence-electron chi connectivity index (χ1n) is 8.61. The molecule has 1 aromatic carbocycles. The maximum absolute atomic E-state index is 5.45. The summed E-state index contributed by atoms with van der Waals surface area (Å²) in [4.78, 5) is 9.11. The van der Waals surface area contributed by atoms with Gasteiger partial charge in [0, 0.05) is 25.0 Å². The van der Waals surface area contributed by atoms with Crippen LogP contribution in [0.25, 0.3) is 17.4 Å². The molecule has 0 aliphatic carbocycles. The number of benzene rings is 1. The predicted molar refractivity (Wildman–Crippen MR) is 102 cm³/mol. The molecule has 0 saturated carbocycles. The monoisotopic (exact) mass is 361 g/mol. The molecule has 0 bridgehead atoms. The minimum atomic E-state index is 0.514. The van der Waals surface area contributed by atoms with Gasteiger partial charge in [-0.3, -0.25) is 0 Å². The Bertz CT molecular complexity index is 927. The summed E-state index contributed by atoms with van der Waals surface area (Å²) in [5.74, 6) is 3.38. The SMILES string of the molecule is COc1ccc(CCNc2cc(-n3cccn3)nc(-c3ccco3)n2)cc1. The third kappa shape index (κ3) is 3.98. The van der Waals surface area contributed by atoms with E-state index in [2.05, 4.69) is 32.5 Å². The van der Waals surface area contributed by atoms with Crippen LogP contribution in [0, 0.1) is 0 Å². The topological polar surface area (TPSA) is 78.0 Å². The van der Waals surface area contributed by atoms with E-state index < -0.39 is 0 Å². The number of rotatable bonds is 7. The number of furan rings is 1. The predicted octanol–water partition coefficient (Wildman–Crippen LogP) is 3.59. The largest absolute Gasteiger partial charge is 0.497 e. The highest BCUT2D eigenvalue weighted by Gasteiger charge is 2.10. The third-order valence-corrected chi connectivity index (χ3v) is 4.07. The minimum Gasteiger partial charge on any atom is -0.497 e. The first-order valence-corrected chi connectivity index (χ1v) is 8.61. The maximum Gasteiger partial charge on any atom is 0.199 e.